The summed E-state index contributed by atoms with van der Waals surface area (Å²) in [6.45, 7) is 3.43. The molecule has 0 aliphatic rings. The van der Waals surface area contributed by atoms with Crippen molar-refractivity contribution in [2.45, 2.75) is 18.7 Å². The molecule has 0 saturated heterocycles. The highest BCUT2D eigenvalue weighted by Gasteiger charge is 2.13. The van der Waals surface area contributed by atoms with Gasteiger partial charge in [-0.05, 0) is 43.9 Å². The Morgan fingerprint density at radius 1 is 1.13 bits per heavy atom. The number of amides is 1. The molecule has 0 atom stereocenters. The van der Waals surface area contributed by atoms with Gasteiger partial charge in [-0.25, -0.2) is 4.79 Å². The summed E-state index contributed by atoms with van der Waals surface area (Å²) in [6.07, 6.45) is 1.94. The SMILES string of the molecule is CSc1ccccc1NC(=O)COC(=O)c1cc(C)ccc1C. The molecule has 1 N–H and O–H groups in total. The van der Waals surface area contributed by atoms with Crippen molar-refractivity contribution in [3.63, 3.8) is 0 Å². The fourth-order valence-corrected chi connectivity index (χ4v) is 2.65. The molecule has 0 radical (unpaired) electrons. The fourth-order valence-electron chi connectivity index (χ4n) is 2.10. The van der Waals surface area contributed by atoms with Crippen molar-refractivity contribution < 1.29 is 14.3 Å². The number of rotatable bonds is 5. The van der Waals surface area contributed by atoms with Crippen LogP contribution in [0.4, 0.5) is 5.69 Å². The summed E-state index contributed by atoms with van der Waals surface area (Å²) in [6, 6.07) is 13.0. The van der Waals surface area contributed by atoms with Gasteiger partial charge in [0.25, 0.3) is 5.91 Å². The number of nitrogens with one attached hydrogen (secondary N) is 1. The second-order valence-corrected chi connectivity index (χ2v) is 5.99. The molecule has 0 saturated carbocycles. The van der Waals surface area contributed by atoms with Crippen molar-refractivity contribution in [2.24, 2.45) is 0 Å². The van der Waals surface area contributed by atoms with Gasteiger partial charge in [0.05, 0.1) is 11.3 Å². The van der Waals surface area contributed by atoms with E-state index >= 15 is 0 Å². The first-order chi connectivity index (χ1) is 11.0. The minimum absolute atomic E-state index is 0.311. The van der Waals surface area contributed by atoms with Crippen molar-refractivity contribution in [3.05, 3.63) is 59.2 Å². The Morgan fingerprint density at radius 3 is 2.61 bits per heavy atom. The molecule has 2 rings (SSSR count). The summed E-state index contributed by atoms with van der Waals surface area (Å²) in [7, 11) is 0. The standard InChI is InChI=1S/C18H19NO3S/c1-12-8-9-13(2)14(10-12)18(21)22-11-17(20)19-15-6-4-5-7-16(15)23-3/h4-10H,11H2,1-3H3,(H,19,20). The van der Waals surface area contributed by atoms with E-state index in [1.807, 2.05) is 56.5 Å². The van der Waals surface area contributed by atoms with Gasteiger partial charge in [0.15, 0.2) is 6.61 Å². The van der Waals surface area contributed by atoms with Crippen LogP contribution in [0.1, 0.15) is 21.5 Å². The maximum atomic E-state index is 12.1. The smallest absolute Gasteiger partial charge is 0.338 e. The number of para-hydroxylation sites is 1. The quantitative estimate of drug-likeness (QED) is 0.669. The molecular weight excluding hydrogens is 310 g/mol. The van der Waals surface area contributed by atoms with Gasteiger partial charge in [0.2, 0.25) is 0 Å². The zero-order valence-corrected chi connectivity index (χ0v) is 14.2. The molecule has 0 aliphatic carbocycles. The van der Waals surface area contributed by atoms with Gasteiger partial charge < -0.3 is 10.1 Å². The number of ether oxygens (including phenoxy) is 1. The molecule has 120 valence electrons. The number of thioether (sulfide) groups is 1. The number of aryl methyl sites for hydroxylation is 2. The Hall–Kier alpha value is -2.27. The Balaban J connectivity index is 1.96. The minimum Gasteiger partial charge on any atom is -0.452 e. The molecule has 0 fully saturated rings. The van der Waals surface area contributed by atoms with Crippen LogP contribution >= 0.6 is 11.8 Å². The maximum Gasteiger partial charge on any atom is 0.338 e. The largest absolute Gasteiger partial charge is 0.452 e. The van der Waals surface area contributed by atoms with E-state index in [9.17, 15) is 9.59 Å². The van der Waals surface area contributed by atoms with E-state index < -0.39 is 5.97 Å². The molecule has 23 heavy (non-hydrogen) atoms. The molecule has 0 unspecified atom stereocenters. The molecule has 0 heterocycles. The monoisotopic (exact) mass is 329 g/mol. The van der Waals surface area contributed by atoms with Crippen LogP contribution in [0.2, 0.25) is 0 Å². The molecule has 4 nitrogen and oxygen atoms in total. The lowest BCUT2D eigenvalue weighted by molar-refractivity contribution is -0.119. The van der Waals surface area contributed by atoms with Gasteiger partial charge >= 0.3 is 5.97 Å². The van der Waals surface area contributed by atoms with Gasteiger partial charge in [-0.1, -0.05) is 29.8 Å². The van der Waals surface area contributed by atoms with Gasteiger partial charge in [0, 0.05) is 4.90 Å². The third-order valence-corrected chi connectivity index (χ3v) is 4.12. The maximum absolute atomic E-state index is 12.1. The lowest BCUT2D eigenvalue weighted by Gasteiger charge is -2.10. The number of hydrogen-bond acceptors (Lipinski definition) is 4. The Labute approximate surface area is 140 Å². The molecule has 0 spiro atoms. The fraction of sp³-hybridized carbons (Fsp3) is 0.222. The van der Waals surface area contributed by atoms with Crippen LogP contribution in [-0.2, 0) is 9.53 Å². The molecule has 0 aliphatic heterocycles. The Kier molecular flexibility index (Phi) is 5.82. The van der Waals surface area contributed by atoms with Crippen molar-refractivity contribution in [1.29, 1.82) is 0 Å². The first kappa shape index (κ1) is 17.1. The van der Waals surface area contributed by atoms with Crippen LogP contribution in [-0.4, -0.2) is 24.7 Å². The van der Waals surface area contributed by atoms with Crippen molar-refractivity contribution in [2.75, 3.05) is 18.2 Å². The highest BCUT2D eigenvalue weighted by molar-refractivity contribution is 7.98. The molecule has 0 bridgehead atoms. The third kappa shape index (κ3) is 4.60. The lowest BCUT2D eigenvalue weighted by atomic mass is 10.1. The average molecular weight is 329 g/mol. The summed E-state index contributed by atoms with van der Waals surface area (Å²) in [5, 5.41) is 2.76. The van der Waals surface area contributed by atoms with E-state index in [2.05, 4.69) is 5.32 Å². The number of carbonyl (C=O) groups excluding carboxylic acids is 2. The first-order valence-electron chi connectivity index (χ1n) is 7.18. The van der Waals surface area contributed by atoms with Gasteiger partial charge in [-0.3, -0.25) is 4.79 Å². The van der Waals surface area contributed by atoms with E-state index in [4.69, 9.17) is 4.74 Å². The van der Waals surface area contributed by atoms with Gasteiger partial charge in [-0.2, -0.15) is 0 Å². The summed E-state index contributed by atoms with van der Waals surface area (Å²) in [4.78, 5) is 25.0. The lowest BCUT2D eigenvalue weighted by Crippen LogP contribution is -2.21. The normalized spacial score (nSPS) is 10.2. The third-order valence-electron chi connectivity index (χ3n) is 3.33. The van der Waals surface area contributed by atoms with Gasteiger partial charge in [-0.15, -0.1) is 11.8 Å². The number of hydrogen-bond donors (Lipinski definition) is 1. The summed E-state index contributed by atoms with van der Waals surface area (Å²) in [5.74, 6) is -0.843. The summed E-state index contributed by atoms with van der Waals surface area (Å²) < 4.78 is 5.11. The van der Waals surface area contributed by atoms with Crippen LogP contribution in [0.5, 0.6) is 0 Å². The van der Waals surface area contributed by atoms with E-state index in [1.165, 1.54) is 11.8 Å². The van der Waals surface area contributed by atoms with Crippen LogP contribution in [0, 0.1) is 13.8 Å². The van der Waals surface area contributed by atoms with Crippen LogP contribution in [0.15, 0.2) is 47.4 Å². The van der Waals surface area contributed by atoms with Crippen LogP contribution in [0.25, 0.3) is 0 Å². The van der Waals surface area contributed by atoms with Crippen molar-refractivity contribution in [1.82, 2.24) is 0 Å². The number of anilines is 1. The number of carbonyl (C=O) groups is 2. The Bertz CT molecular complexity index is 728. The zero-order valence-electron chi connectivity index (χ0n) is 13.4. The predicted octanol–water partition coefficient (Wildman–Crippen LogP) is 3.82. The highest BCUT2D eigenvalue weighted by Crippen LogP contribution is 2.24. The number of esters is 1. The molecule has 0 aromatic heterocycles. The summed E-state index contributed by atoms with van der Waals surface area (Å²) >= 11 is 1.54. The van der Waals surface area contributed by atoms with E-state index in [0.29, 0.717) is 11.3 Å². The predicted molar refractivity (Wildman–Crippen MR) is 93.1 cm³/mol. The van der Waals surface area contributed by atoms with Crippen molar-refractivity contribution in [3.8, 4) is 0 Å². The van der Waals surface area contributed by atoms with Gasteiger partial charge in [0.1, 0.15) is 0 Å². The second kappa shape index (κ2) is 7.83. The molecular formula is C18H19NO3S. The Morgan fingerprint density at radius 2 is 1.87 bits per heavy atom. The molecule has 5 heteroatoms. The van der Waals surface area contributed by atoms with E-state index in [1.54, 1.807) is 6.07 Å². The highest BCUT2D eigenvalue weighted by atomic mass is 32.2. The average Bonchev–Trinajstić information content (AvgIpc) is 2.55. The molecule has 2 aromatic rings. The molecule has 2 aromatic carbocycles. The molecule has 1 amide bonds. The number of benzene rings is 2. The summed E-state index contributed by atoms with van der Waals surface area (Å²) in [5.41, 5.74) is 3.00. The zero-order chi connectivity index (χ0) is 16.8. The second-order valence-electron chi connectivity index (χ2n) is 5.14. The van der Waals surface area contributed by atoms with E-state index in [-0.39, 0.29) is 12.5 Å². The van der Waals surface area contributed by atoms with Crippen molar-refractivity contribution >= 4 is 29.3 Å². The van der Waals surface area contributed by atoms with E-state index in [0.717, 1.165) is 16.0 Å². The topological polar surface area (TPSA) is 55.4 Å². The minimum atomic E-state index is -0.487. The van der Waals surface area contributed by atoms with Crippen LogP contribution in [0.3, 0.4) is 0 Å². The van der Waals surface area contributed by atoms with Crippen LogP contribution < -0.4 is 5.32 Å². The first-order valence-corrected chi connectivity index (χ1v) is 8.41.